The maximum atomic E-state index is 4.75. The molecule has 1 aromatic heterocycles. The van der Waals surface area contributed by atoms with Crippen LogP contribution in [-0.2, 0) is 6.54 Å². The lowest BCUT2D eigenvalue weighted by Gasteiger charge is -1.96. The highest BCUT2D eigenvalue weighted by molar-refractivity contribution is 7.80. The molecule has 3 aromatic rings. The van der Waals surface area contributed by atoms with Crippen molar-refractivity contribution in [2.75, 3.05) is 0 Å². The first-order valence-electron chi connectivity index (χ1n) is 6.67. The van der Waals surface area contributed by atoms with Crippen LogP contribution in [0.1, 0.15) is 6.92 Å². The Labute approximate surface area is 129 Å². The fourth-order valence-electron chi connectivity index (χ4n) is 2.28. The van der Waals surface area contributed by atoms with Crippen molar-refractivity contribution in [3.8, 4) is 21.0 Å². The predicted molar refractivity (Wildman–Crippen MR) is 88.3 cm³/mol. The van der Waals surface area contributed by atoms with Gasteiger partial charge in [0.1, 0.15) is 11.4 Å². The minimum atomic E-state index is 0.923. The van der Waals surface area contributed by atoms with Gasteiger partial charge >= 0.3 is 0 Å². The SMILES string of the molecule is CC[n+]1c(-c2ccccc2)sc(-c2ccccc2)c1S. The summed E-state index contributed by atoms with van der Waals surface area (Å²) in [6.45, 7) is 3.08. The van der Waals surface area contributed by atoms with Gasteiger partial charge in [0.25, 0.3) is 10.0 Å². The van der Waals surface area contributed by atoms with Crippen LogP contribution in [0.15, 0.2) is 65.7 Å². The van der Waals surface area contributed by atoms with E-state index in [1.54, 1.807) is 11.3 Å². The van der Waals surface area contributed by atoms with Crippen LogP contribution >= 0.6 is 24.0 Å². The van der Waals surface area contributed by atoms with Crippen LogP contribution < -0.4 is 4.57 Å². The van der Waals surface area contributed by atoms with E-state index in [1.165, 1.54) is 21.0 Å². The second-order valence-corrected chi connectivity index (χ2v) is 5.96. The molecule has 0 aliphatic carbocycles. The van der Waals surface area contributed by atoms with Gasteiger partial charge in [-0.1, -0.05) is 72.5 Å². The fourth-order valence-corrected chi connectivity index (χ4v) is 4.09. The third-order valence-electron chi connectivity index (χ3n) is 3.28. The van der Waals surface area contributed by atoms with Gasteiger partial charge in [0.2, 0.25) is 0 Å². The lowest BCUT2D eigenvalue weighted by molar-refractivity contribution is -0.713. The van der Waals surface area contributed by atoms with E-state index in [-0.39, 0.29) is 0 Å². The van der Waals surface area contributed by atoms with Crippen molar-refractivity contribution in [2.24, 2.45) is 0 Å². The summed E-state index contributed by atoms with van der Waals surface area (Å²) in [5.41, 5.74) is 2.48. The Bertz CT molecular complexity index is 703. The zero-order valence-electron chi connectivity index (χ0n) is 11.3. The van der Waals surface area contributed by atoms with E-state index in [4.69, 9.17) is 12.6 Å². The molecule has 1 heterocycles. The van der Waals surface area contributed by atoms with Crippen molar-refractivity contribution < 1.29 is 4.57 Å². The normalized spacial score (nSPS) is 10.7. The van der Waals surface area contributed by atoms with E-state index in [0.717, 1.165) is 11.6 Å². The van der Waals surface area contributed by atoms with Crippen LogP contribution in [0.25, 0.3) is 21.0 Å². The number of hydrogen-bond donors (Lipinski definition) is 1. The van der Waals surface area contributed by atoms with Gasteiger partial charge in [-0.15, -0.1) is 0 Å². The minimum absolute atomic E-state index is 0.923. The lowest BCUT2D eigenvalue weighted by atomic mass is 10.2. The highest BCUT2D eigenvalue weighted by Gasteiger charge is 2.24. The smallest absolute Gasteiger partial charge is 0.176 e. The maximum Gasteiger partial charge on any atom is 0.270 e. The summed E-state index contributed by atoms with van der Waals surface area (Å²) in [6, 6.07) is 21.0. The van der Waals surface area contributed by atoms with Crippen LogP contribution in [0.3, 0.4) is 0 Å². The Kier molecular flexibility index (Phi) is 3.90. The van der Waals surface area contributed by atoms with Crippen LogP contribution in [0.2, 0.25) is 0 Å². The summed E-state index contributed by atoms with van der Waals surface area (Å²) in [7, 11) is 0. The quantitative estimate of drug-likeness (QED) is 0.529. The van der Waals surface area contributed by atoms with Crippen molar-refractivity contribution in [2.45, 2.75) is 18.5 Å². The van der Waals surface area contributed by atoms with E-state index in [9.17, 15) is 0 Å². The number of thiol groups is 1. The second-order valence-electron chi connectivity index (χ2n) is 4.54. The first kappa shape index (κ1) is 13.4. The topological polar surface area (TPSA) is 3.88 Å². The fraction of sp³-hybridized carbons (Fsp3) is 0.118. The monoisotopic (exact) mass is 298 g/mol. The molecule has 20 heavy (non-hydrogen) atoms. The molecular weight excluding hydrogens is 282 g/mol. The molecule has 0 N–H and O–H groups in total. The van der Waals surface area contributed by atoms with Gasteiger partial charge in [0.05, 0.1) is 5.56 Å². The van der Waals surface area contributed by atoms with Gasteiger partial charge in [0.15, 0.2) is 0 Å². The van der Waals surface area contributed by atoms with E-state index in [1.807, 2.05) is 12.1 Å². The van der Waals surface area contributed by atoms with Crippen molar-refractivity contribution in [3.05, 3.63) is 60.7 Å². The zero-order chi connectivity index (χ0) is 13.9. The van der Waals surface area contributed by atoms with E-state index < -0.39 is 0 Å². The summed E-state index contributed by atoms with van der Waals surface area (Å²) in [6.07, 6.45) is 0. The maximum absolute atomic E-state index is 4.75. The highest BCUT2D eigenvalue weighted by atomic mass is 32.1. The Morgan fingerprint density at radius 2 is 1.45 bits per heavy atom. The molecule has 3 heteroatoms. The molecule has 0 amide bonds. The zero-order valence-corrected chi connectivity index (χ0v) is 13.0. The van der Waals surface area contributed by atoms with Crippen molar-refractivity contribution in [1.82, 2.24) is 0 Å². The third-order valence-corrected chi connectivity index (χ3v) is 5.17. The molecular formula is C17H16NS2+. The molecule has 0 radical (unpaired) electrons. The summed E-state index contributed by atoms with van der Waals surface area (Å²) < 4.78 is 2.27. The van der Waals surface area contributed by atoms with Gasteiger partial charge in [-0.3, -0.25) is 0 Å². The van der Waals surface area contributed by atoms with Crippen LogP contribution in [0.4, 0.5) is 0 Å². The molecule has 0 aliphatic heterocycles. The molecule has 0 fully saturated rings. The Balaban J connectivity index is 2.18. The van der Waals surface area contributed by atoms with Crippen LogP contribution in [0.5, 0.6) is 0 Å². The molecule has 0 unspecified atom stereocenters. The van der Waals surface area contributed by atoms with Gasteiger partial charge in [-0.2, -0.15) is 4.57 Å². The summed E-state index contributed by atoms with van der Waals surface area (Å²) in [5, 5.41) is 2.31. The number of thiazole rings is 1. The van der Waals surface area contributed by atoms with Crippen LogP contribution in [0, 0.1) is 0 Å². The summed E-state index contributed by atoms with van der Waals surface area (Å²) >= 11 is 6.55. The number of hydrogen-bond acceptors (Lipinski definition) is 2. The third kappa shape index (κ3) is 2.39. The number of aromatic nitrogens is 1. The molecule has 0 bridgehead atoms. The van der Waals surface area contributed by atoms with Crippen molar-refractivity contribution >= 4 is 24.0 Å². The number of benzene rings is 2. The molecule has 0 aliphatic rings. The molecule has 100 valence electrons. The second kappa shape index (κ2) is 5.81. The Morgan fingerprint density at radius 1 is 0.900 bits per heavy atom. The summed E-state index contributed by atoms with van der Waals surface area (Å²) in [5.74, 6) is 0. The minimum Gasteiger partial charge on any atom is -0.176 e. The molecule has 3 rings (SSSR count). The van der Waals surface area contributed by atoms with E-state index >= 15 is 0 Å². The molecule has 2 aromatic carbocycles. The average molecular weight is 298 g/mol. The first-order chi connectivity index (χ1) is 9.81. The largest absolute Gasteiger partial charge is 0.270 e. The van der Waals surface area contributed by atoms with Crippen molar-refractivity contribution in [1.29, 1.82) is 0 Å². The summed E-state index contributed by atoms with van der Waals surface area (Å²) in [4.78, 5) is 1.23. The molecule has 0 atom stereocenters. The van der Waals surface area contributed by atoms with Gasteiger partial charge in [-0.05, 0) is 24.6 Å². The molecule has 1 nitrogen and oxygen atoms in total. The predicted octanol–water partition coefficient (Wildman–Crippen LogP) is 4.68. The molecule has 0 saturated heterocycles. The highest BCUT2D eigenvalue weighted by Crippen LogP contribution is 2.35. The van der Waals surface area contributed by atoms with Gasteiger partial charge in [0, 0.05) is 0 Å². The number of rotatable bonds is 3. The van der Waals surface area contributed by atoms with Crippen molar-refractivity contribution in [3.63, 3.8) is 0 Å². The van der Waals surface area contributed by atoms with Gasteiger partial charge < -0.3 is 0 Å². The van der Waals surface area contributed by atoms with E-state index in [2.05, 4.69) is 60.0 Å². The van der Waals surface area contributed by atoms with Crippen LogP contribution in [-0.4, -0.2) is 0 Å². The standard InChI is InChI=1S/C17H15NS2/c1-2-18-16(19)15(13-9-5-3-6-10-13)20-17(18)14-11-7-4-8-12-14/h3-12H,2H2,1H3/p+1. The lowest BCUT2D eigenvalue weighted by Crippen LogP contribution is -2.34. The Hall–Kier alpha value is -1.58. The molecule has 0 saturated carbocycles. The first-order valence-corrected chi connectivity index (χ1v) is 7.94. The Morgan fingerprint density at radius 3 is 2.00 bits per heavy atom. The molecule has 0 spiro atoms. The van der Waals surface area contributed by atoms with Gasteiger partial charge in [-0.25, -0.2) is 0 Å². The number of nitrogens with zero attached hydrogens (tertiary/aromatic N) is 1. The average Bonchev–Trinajstić information content (AvgIpc) is 2.86. The van der Waals surface area contributed by atoms with E-state index in [0.29, 0.717) is 0 Å².